The summed E-state index contributed by atoms with van der Waals surface area (Å²) in [6.07, 6.45) is -0.0912. The quantitative estimate of drug-likeness (QED) is 0.594. The first kappa shape index (κ1) is 17.7. The van der Waals surface area contributed by atoms with Gasteiger partial charge in [-0.25, -0.2) is 4.79 Å². The molecule has 126 valence electrons. The van der Waals surface area contributed by atoms with Crippen molar-refractivity contribution >= 4 is 11.9 Å². The first-order chi connectivity index (χ1) is 11.5. The van der Waals surface area contributed by atoms with Gasteiger partial charge in [-0.3, -0.25) is 4.79 Å². The number of para-hydroxylation sites is 1. The van der Waals surface area contributed by atoms with Crippen molar-refractivity contribution in [2.45, 2.75) is 33.3 Å². The predicted octanol–water partition coefficient (Wildman–Crippen LogP) is 4.04. The molecule has 4 heteroatoms. The Morgan fingerprint density at radius 1 is 0.917 bits per heavy atom. The molecule has 0 N–H and O–H groups in total. The number of hydrogen-bond donors (Lipinski definition) is 0. The van der Waals surface area contributed by atoms with E-state index in [-0.39, 0.29) is 24.4 Å². The Morgan fingerprint density at radius 2 is 1.54 bits per heavy atom. The molecule has 2 rings (SSSR count). The van der Waals surface area contributed by atoms with E-state index in [9.17, 15) is 9.59 Å². The second kappa shape index (κ2) is 8.29. The summed E-state index contributed by atoms with van der Waals surface area (Å²) in [5.74, 6) is -0.160. The fraction of sp³-hybridized carbons (Fsp3) is 0.300. The van der Waals surface area contributed by atoms with E-state index >= 15 is 0 Å². The molecule has 0 saturated heterocycles. The fourth-order valence-corrected chi connectivity index (χ4v) is 2.02. The molecule has 0 bridgehead atoms. The maximum Gasteiger partial charge on any atom is 0.343 e. The van der Waals surface area contributed by atoms with Crippen molar-refractivity contribution in [2.24, 2.45) is 5.92 Å². The van der Waals surface area contributed by atoms with E-state index in [4.69, 9.17) is 9.47 Å². The van der Waals surface area contributed by atoms with E-state index in [0.717, 1.165) is 0 Å². The van der Waals surface area contributed by atoms with E-state index in [2.05, 4.69) is 0 Å². The van der Waals surface area contributed by atoms with Crippen LogP contribution in [0.1, 0.15) is 36.7 Å². The minimum atomic E-state index is -0.452. The molecule has 1 unspecified atom stereocenters. The van der Waals surface area contributed by atoms with Crippen LogP contribution in [0.25, 0.3) is 0 Å². The molecule has 0 radical (unpaired) electrons. The summed E-state index contributed by atoms with van der Waals surface area (Å²) < 4.78 is 10.8. The van der Waals surface area contributed by atoms with Crippen LogP contribution in [0.2, 0.25) is 0 Å². The van der Waals surface area contributed by atoms with Crippen LogP contribution in [0.4, 0.5) is 0 Å². The summed E-state index contributed by atoms with van der Waals surface area (Å²) in [7, 11) is 0. The summed E-state index contributed by atoms with van der Waals surface area (Å²) >= 11 is 0. The molecule has 24 heavy (non-hydrogen) atoms. The lowest BCUT2D eigenvalue weighted by Crippen LogP contribution is -2.21. The summed E-state index contributed by atoms with van der Waals surface area (Å²) in [6, 6.07) is 15.7. The monoisotopic (exact) mass is 326 g/mol. The average molecular weight is 326 g/mol. The highest BCUT2D eigenvalue weighted by Gasteiger charge is 2.17. The second-order valence-corrected chi connectivity index (χ2v) is 5.98. The van der Waals surface area contributed by atoms with Crippen LogP contribution in [0.15, 0.2) is 54.6 Å². The molecule has 4 nitrogen and oxygen atoms in total. The van der Waals surface area contributed by atoms with Gasteiger partial charge in [0.05, 0.1) is 12.0 Å². The van der Waals surface area contributed by atoms with E-state index in [0.29, 0.717) is 16.9 Å². The molecule has 0 aliphatic rings. The van der Waals surface area contributed by atoms with Crippen molar-refractivity contribution in [2.75, 3.05) is 0 Å². The number of ether oxygens (including phenoxy) is 2. The lowest BCUT2D eigenvalue weighted by Gasteiger charge is -2.17. The van der Waals surface area contributed by atoms with E-state index in [1.165, 1.54) is 0 Å². The van der Waals surface area contributed by atoms with Gasteiger partial charge in [0.25, 0.3) is 0 Å². The van der Waals surface area contributed by atoms with Crippen LogP contribution >= 0.6 is 0 Å². The van der Waals surface area contributed by atoms with Crippen LogP contribution in [0.3, 0.4) is 0 Å². The summed E-state index contributed by atoms with van der Waals surface area (Å²) in [4.78, 5) is 24.3. The Morgan fingerprint density at radius 3 is 2.21 bits per heavy atom. The Bertz CT molecular complexity index is 692. The van der Waals surface area contributed by atoms with Crippen molar-refractivity contribution in [1.29, 1.82) is 0 Å². The van der Waals surface area contributed by atoms with Gasteiger partial charge in [-0.05, 0) is 31.0 Å². The van der Waals surface area contributed by atoms with E-state index in [1.807, 2.05) is 26.8 Å². The van der Waals surface area contributed by atoms with Crippen molar-refractivity contribution in [1.82, 2.24) is 0 Å². The lowest BCUT2D eigenvalue weighted by atomic mass is 10.1. The van der Waals surface area contributed by atoms with Gasteiger partial charge < -0.3 is 9.47 Å². The zero-order valence-electron chi connectivity index (χ0n) is 14.2. The van der Waals surface area contributed by atoms with Gasteiger partial charge in [0.15, 0.2) is 0 Å². The minimum absolute atomic E-state index is 0.0648. The first-order valence-electron chi connectivity index (χ1n) is 8.02. The molecule has 0 aliphatic heterocycles. The molecule has 0 fully saturated rings. The highest BCUT2D eigenvalue weighted by molar-refractivity contribution is 5.91. The zero-order chi connectivity index (χ0) is 17.5. The van der Waals surface area contributed by atoms with Crippen LogP contribution in [0.5, 0.6) is 5.75 Å². The molecule has 2 aromatic carbocycles. The van der Waals surface area contributed by atoms with Crippen LogP contribution in [0, 0.1) is 5.92 Å². The van der Waals surface area contributed by atoms with Gasteiger partial charge in [-0.1, -0.05) is 50.2 Å². The van der Waals surface area contributed by atoms with E-state index in [1.54, 1.807) is 48.5 Å². The van der Waals surface area contributed by atoms with Crippen molar-refractivity contribution in [3.8, 4) is 5.75 Å². The highest BCUT2D eigenvalue weighted by Crippen LogP contribution is 2.21. The topological polar surface area (TPSA) is 52.6 Å². The number of carbonyl (C=O) groups is 2. The Balaban J connectivity index is 2.07. The molecule has 0 heterocycles. The maximum atomic E-state index is 12.2. The molecule has 2 aromatic rings. The van der Waals surface area contributed by atoms with Crippen molar-refractivity contribution < 1.29 is 19.1 Å². The van der Waals surface area contributed by atoms with Gasteiger partial charge >= 0.3 is 11.9 Å². The summed E-state index contributed by atoms with van der Waals surface area (Å²) in [5, 5.41) is 0. The Kier molecular flexibility index (Phi) is 6.13. The van der Waals surface area contributed by atoms with Gasteiger partial charge in [0, 0.05) is 5.56 Å². The van der Waals surface area contributed by atoms with Gasteiger partial charge in [-0.2, -0.15) is 0 Å². The Labute approximate surface area is 142 Å². The fourth-order valence-electron chi connectivity index (χ4n) is 2.02. The van der Waals surface area contributed by atoms with Gasteiger partial charge in [0.1, 0.15) is 11.9 Å². The maximum absolute atomic E-state index is 12.2. The predicted molar refractivity (Wildman–Crippen MR) is 91.9 cm³/mol. The average Bonchev–Trinajstić information content (AvgIpc) is 2.57. The van der Waals surface area contributed by atoms with Gasteiger partial charge in [0.2, 0.25) is 0 Å². The number of hydrogen-bond acceptors (Lipinski definition) is 4. The molecular formula is C20H22O4. The van der Waals surface area contributed by atoms with Gasteiger partial charge in [-0.15, -0.1) is 0 Å². The Hall–Kier alpha value is -2.62. The lowest BCUT2D eigenvalue weighted by molar-refractivity contribution is -0.149. The first-order valence-corrected chi connectivity index (χ1v) is 8.02. The SMILES string of the molecule is CC(C)C(C)OC(=O)Cc1ccccc1OC(=O)c1ccccc1. The molecule has 0 aromatic heterocycles. The minimum Gasteiger partial charge on any atom is -0.462 e. The molecule has 0 amide bonds. The molecular weight excluding hydrogens is 304 g/mol. The molecule has 0 aliphatic carbocycles. The smallest absolute Gasteiger partial charge is 0.343 e. The number of carbonyl (C=O) groups excluding carboxylic acids is 2. The van der Waals surface area contributed by atoms with Crippen LogP contribution in [-0.2, 0) is 16.0 Å². The largest absolute Gasteiger partial charge is 0.462 e. The molecule has 1 atom stereocenters. The third-order valence-electron chi connectivity index (χ3n) is 3.78. The highest BCUT2D eigenvalue weighted by atomic mass is 16.5. The van der Waals surface area contributed by atoms with Crippen LogP contribution < -0.4 is 4.74 Å². The van der Waals surface area contributed by atoms with Crippen molar-refractivity contribution in [3.63, 3.8) is 0 Å². The summed E-state index contributed by atoms with van der Waals surface area (Å²) in [5.41, 5.74) is 1.09. The molecule has 0 saturated carbocycles. The standard InChI is InChI=1S/C20H22O4/c1-14(2)15(3)23-19(21)13-17-11-7-8-12-18(17)24-20(22)16-9-5-4-6-10-16/h4-12,14-15H,13H2,1-3H3. The number of benzene rings is 2. The normalized spacial score (nSPS) is 11.8. The van der Waals surface area contributed by atoms with Crippen LogP contribution in [-0.4, -0.2) is 18.0 Å². The number of esters is 2. The summed E-state index contributed by atoms with van der Waals surface area (Å²) in [6.45, 7) is 5.85. The molecule has 0 spiro atoms. The van der Waals surface area contributed by atoms with E-state index < -0.39 is 5.97 Å². The second-order valence-electron chi connectivity index (χ2n) is 5.98. The third kappa shape index (κ3) is 4.95. The van der Waals surface area contributed by atoms with Crippen molar-refractivity contribution in [3.05, 3.63) is 65.7 Å². The third-order valence-corrected chi connectivity index (χ3v) is 3.78. The zero-order valence-corrected chi connectivity index (χ0v) is 14.2. The number of rotatable bonds is 6.